The lowest BCUT2D eigenvalue weighted by atomic mass is 9.90. The van der Waals surface area contributed by atoms with E-state index >= 15 is 0 Å². The highest BCUT2D eigenvalue weighted by Crippen LogP contribution is 2.32. The fourth-order valence-electron chi connectivity index (χ4n) is 2.77. The van der Waals surface area contributed by atoms with E-state index < -0.39 is 0 Å². The number of amides is 1. The van der Waals surface area contributed by atoms with Gasteiger partial charge in [-0.2, -0.15) is 0 Å². The van der Waals surface area contributed by atoms with E-state index in [9.17, 15) is 4.79 Å². The quantitative estimate of drug-likeness (QED) is 0.896. The van der Waals surface area contributed by atoms with E-state index in [1.54, 1.807) is 14.2 Å². The number of carbonyl (C=O) groups is 1. The molecule has 2 rings (SSSR count). The van der Waals surface area contributed by atoms with Crippen LogP contribution in [0.3, 0.4) is 0 Å². The number of methoxy groups -OCH3 is 2. The van der Waals surface area contributed by atoms with E-state index in [4.69, 9.17) is 15.2 Å². The molecule has 1 amide bonds. The number of likely N-dealkylation sites (tertiary alicyclic amines) is 1. The van der Waals surface area contributed by atoms with Crippen LogP contribution in [0.15, 0.2) is 18.2 Å². The summed E-state index contributed by atoms with van der Waals surface area (Å²) < 4.78 is 10.7. The fraction of sp³-hybridized carbons (Fsp3) is 0.562. The van der Waals surface area contributed by atoms with Gasteiger partial charge < -0.3 is 20.1 Å². The molecule has 0 saturated carbocycles. The molecule has 124 valence electrons. The normalized spacial score (nSPS) is 20.5. The van der Waals surface area contributed by atoms with Gasteiger partial charge in [0.1, 0.15) is 11.5 Å². The Labute approximate surface area is 138 Å². The number of benzene rings is 1. The highest BCUT2D eigenvalue weighted by Gasteiger charge is 2.35. The summed E-state index contributed by atoms with van der Waals surface area (Å²) in [4.78, 5) is 14.4. The Morgan fingerprint density at radius 2 is 1.91 bits per heavy atom. The molecule has 1 atom stereocenters. The van der Waals surface area contributed by atoms with Crippen LogP contribution in [0, 0.1) is 5.41 Å². The molecule has 0 spiro atoms. The second kappa shape index (κ2) is 7.70. The molecule has 1 aliphatic rings. The SMILES string of the molecule is COc1cccc(OC)c1CC(=O)N1CCC(C)(CN)C1.Cl. The molecule has 1 unspecified atom stereocenters. The first-order chi connectivity index (χ1) is 10.0. The topological polar surface area (TPSA) is 64.8 Å². The maximum Gasteiger partial charge on any atom is 0.227 e. The summed E-state index contributed by atoms with van der Waals surface area (Å²) in [7, 11) is 3.20. The average molecular weight is 329 g/mol. The third kappa shape index (κ3) is 3.84. The van der Waals surface area contributed by atoms with Crippen LogP contribution in [0.4, 0.5) is 0 Å². The van der Waals surface area contributed by atoms with Gasteiger partial charge in [-0.05, 0) is 30.5 Å². The van der Waals surface area contributed by atoms with Crippen LogP contribution in [-0.4, -0.2) is 44.7 Å². The van der Waals surface area contributed by atoms with Crippen molar-refractivity contribution < 1.29 is 14.3 Å². The van der Waals surface area contributed by atoms with Gasteiger partial charge in [-0.1, -0.05) is 13.0 Å². The summed E-state index contributed by atoms with van der Waals surface area (Å²) in [6, 6.07) is 5.55. The number of rotatable bonds is 5. The minimum Gasteiger partial charge on any atom is -0.496 e. The molecule has 1 aliphatic heterocycles. The lowest BCUT2D eigenvalue weighted by molar-refractivity contribution is -0.129. The number of hydrogen-bond donors (Lipinski definition) is 1. The molecule has 0 radical (unpaired) electrons. The van der Waals surface area contributed by atoms with Gasteiger partial charge in [0.15, 0.2) is 0 Å². The van der Waals surface area contributed by atoms with Crippen LogP contribution >= 0.6 is 12.4 Å². The van der Waals surface area contributed by atoms with Crippen LogP contribution in [0.5, 0.6) is 11.5 Å². The van der Waals surface area contributed by atoms with Crippen molar-refractivity contribution in [2.45, 2.75) is 19.8 Å². The van der Waals surface area contributed by atoms with Gasteiger partial charge in [0.2, 0.25) is 5.91 Å². The number of carbonyl (C=O) groups excluding carboxylic acids is 1. The smallest absolute Gasteiger partial charge is 0.227 e. The molecule has 0 aliphatic carbocycles. The largest absolute Gasteiger partial charge is 0.496 e. The molecule has 6 heteroatoms. The maximum absolute atomic E-state index is 12.5. The monoisotopic (exact) mass is 328 g/mol. The molecule has 22 heavy (non-hydrogen) atoms. The number of nitrogens with two attached hydrogens (primary N) is 1. The minimum atomic E-state index is 0. The lowest BCUT2D eigenvalue weighted by Gasteiger charge is -2.23. The molecular formula is C16H25ClN2O3. The molecule has 0 bridgehead atoms. The molecule has 2 N–H and O–H groups in total. The molecular weight excluding hydrogens is 304 g/mol. The molecule has 1 aromatic carbocycles. The molecule has 1 fully saturated rings. The fourth-order valence-corrected chi connectivity index (χ4v) is 2.77. The number of ether oxygens (including phenoxy) is 2. The zero-order chi connectivity index (χ0) is 15.5. The summed E-state index contributed by atoms with van der Waals surface area (Å²) in [5.74, 6) is 1.46. The second-order valence-corrected chi connectivity index (χ2v) is 5.90. The Morgan fingerprint density at radius 3 is 2.36 bits per heavy atom. The number of halogens is 1. The Morgan fingerprint density at radius 1 is 1.32 bits per heavy atom. The van der Waals surface area contributed by atoms with E-state index in [2.05, 4.69) is 6.92 Å². The van der Waals surface area contributed by atoms with Gasteiger partial charge in [-0.15, -0.1) is 12.4 Å². The molecule has 1 saturated heterocycles. The number of nitrogens with zero attached hydrogens (tertiary/aromatic N) is 1. The average Bonchev–Trinajstić information content (AvgIpc) is 2.90. The number of hydrogen-bond acceptors (Lipinski definition) is 4. The Kier molecular flexibility index (Phi) is 6.50. The molecule has 1 heterocycles. The van der Waals surface area contributed by atoms with Crippen molar-refractivity contribution in [1.29, 1.82) is 0 Å². The van der Waals surface area contributed by atoms with Crippen molar-refractivity contribution in [3.8, 4) is 11.5 Å². The van der Waals surface area contributed by atoms with E-state index in [1.165, 1.54) is 0 Å². The predicted octanol–water partition coefficient (Wildman–Crippen LogP) is 1.87. The second-order valence-electron chi connectivity index (χ2n) is 5.90. The van der Waals surface area contributed by atoms with E-state index in [-0.39, 0.29) is 30.2 Å². The Balaban J connectivity index is 0.00000242. The molecule has 1 aromatic rings. The first-order valence-electron chi connectivity index (χ1n) is 7.20. The van der Waals surface area contributed by atoms with Gasteiger partial charge in [0, 0.05) is 18.7 Å². The predicted molar refractivity (Wildman–Crippen MR) is 88.9 cm³/mol. The van der Waals surface area contributed by atoms with Crippen LogP contribution in [0.1, 0.15) is 18.9 Å². The van der Waals surface area contributed by atoms with Crippen molar-refractivity contribution in [2.24, 2.45) is 11.1 Å². The van der Waals surface area contributed by atoms with Crippen molar-refractivity contribution in [3.63, 3.8) is 0 Å². The summed E-state index contributed by atoms with van der Waals surface area (Å²) in [5, 5.41) is 0. The van der Waals surface area contributed by atoms with Gasteiger partial charge in [-0.3, -0.25) is 4.79 Å². The van der Waals surface area contributed by atoms with Crippen molar-refractivity contribution in [1.82, 2.24) is 4.90 Å². The Bertz CT molecular complexity index is 502. The highest BCUT2D eigenvalue weighted by molar-refractivity contribution is 5.85. The summed E-state index contributed by atoms with van der Waals surface area (Å²) in [5.41, 5.74) is 6.64. The van der Waals surface area contributed by atoms with Crippen molar-refractivity contribution in [2.75, 3.05) is 33.9 Å². The first kappa shape index (κ1) is 18.6. The highest BCUT2D eigenvalue weighted by atomic mass is 35.5. The lowest BCUT2D eigenvalue weighted by Crippen LogP contribution is -2.35. The minimum absolute atomic E-state index is 0. The Hall–Kier alpha value is -1.46. The zero-order valence-corrected chi connectivity index (χ0v) is 14.2. The maximum atomic E-state index is 12.5. The third-order valence-corrected chi connectivity index (χ3v) is 4.26. The summed E-state index contributed by atoms with van der Waals surface area (Å²) >= 11 is 0. The first-order valence-corrected chi connectivity index (χ1v) is 7.20. The van der Waals surface area contributed by atoms with Gasteiger partial charge in [0.05, 0.1) is 20.6 Å². The molecule has 0 aromatic heterocycles. The van der Waals surface area contributed by atoms with E-state index in [0.717, 1.165) is 25.1 Å². The van der Waals surface area contributed by atoms with Crippen LogP contribution < -0.4 is 15.2 Å². The van der Waals surface area contributed by atoms with Gasteiger partial charge in [-0.25, -0.2) is 0 Å². The standard InChI is InChI=1S/C16H24N2O3.ClH/c1-16(10-17)7-8-18(11-16)15(19)9-12-13(20-2)5-4-6-14(12)21-3;/h4-6H,7-11,17H2,1-3H3;1H. The van der Waals surface area contributed by atoms with Crippen molar-refractivity contribution in [3.05, 3.63) is 23.8 Å². The van der Waals surface area contributed by atoms with Crippen LogP contribution in [0.2, 0.25) is 0 Å². The van der Waals surface area contributed by atoms with Crippen molar-refractivity contribution >= 4 is 18.3 Å². The van der Waals surface area contributed by atoms with E-state index in [0.29, 0.717) is 18.0 Å². The molecule has 5 nitrogen and oxygen atoms in total. The van der Waals surface area contributed by atoms with Gasteiger partial charge in [0.25, 0.3) is 0 Å². The summed E-state index contributed by atoms with van der Waals surface area (Å²) in [6.45, 7) is 4.22. The third-order valence-electron chi connectivity index (χ3n) is 4.26. The van der Waals surface area contributed by atoms with Gasteiger partial charge >= 0.3 is 0 Å². The van der Waals surface area contributed by atoms with Crippen LogP contribution in [-0.2, 0) is 11.2 Å². The summed E-state index contributed by atoms with van der Waals surface area (Å²) in [6.07, 6.45) is 1.24. The van der Waals surface area contributed by atoms with E-state index in [1.807, 2.05) is 23.1 Å². The van der Waals surface area contributed by atoms with Crippen LogP contribution in [0.25, 0.3) is 0 Å². The zero-order valence-electron chi connectivity index (χ0n) is 13.4.